The van der Waals surface area contributed by atoms with Gasteiger partial charge in [-0.3, -0.25) is 0 Å². The van der Waals surface area contributed by atoms with Gasteiger partial charge >= 0.3 is 5.97 Å². The van der Waals surface area contributed by atoms with E-state index in [4.69, 9.17) is 9.47 Å². The Bertz CT molecular complexity index is 590. The Morgan fingerprint density at radius 3 is 2.79 bits per heavy atom. The van der Waals surface area contributed by atoms with E-state index in [0.717, 1.165) is 30.8 Å². The van der Waals surface area contributed by atoms with E-state index in [0.29, 0.717) is 11.3 Å². The van der Waals surface area contributed by atoms with Crippen LogP contribution in [0, 0.1) is 0 Å². The largest absolute Gasteiger partial charge is 0.493 e. The van der Waals surface area contributed by atoms with Gasteiger partial charge in [0.05, 0.1) is 12.2 Å². The molecule has 0 N–H and O–H groups in total. The maximum atomic E-state index is 12.0. The molecule has 19 heavy (non-hydrogen) atoms. The van der Waals surface area contributed by atoms with Crippen LogP contribution >= 0.6 is 0 Å². The van der Waals surface area contributed by atoms with Gasteiger partial charge < -0.3 is 9.47 Å². The fraction of sp³-hybridized carbons (Fsp3) is 0.188. The van der Waals surface area contributed by atoms with Gasteiger partial charge in [0.2, 0.25) is 0 Å². The van der Waals surface area contributed by atoms with Gasteiger partial charge in [0.25, 0.3) is 0 Å². The van der Waals surface area contributed by atoms with E-state index in [-0.39, 0.29) is 5.97 Å². The number of carbonyl (C=O) groups excluding carboxylic acids is 1. The zero-order chi connectivity index (χ0) is 13.1. The first-order valence-corrected chi connectivity index (χ1v) is 6.36. The SMILES string of the molecule is O=C(Oc1ccccc1)c1ccc2c(c1)CCCO2. The van der Waals surface area contributed by atoms with Crippen LogP contribution in [0.25, 0.3) is 0 Å². The molecule has 0 amide bonds. The predicted molar refractivity (Wildman–Crippen MR) is 71.7 cm³/mol. The summed E-state index contributed by atoms with van der Waals surface area (Å²) < 4.78 is 10.8. The lowest BCUT2D eigenvalue weighted by molar-refractivity contribution is 0.0734. The molecule has 0 radical (unpaired) electrons. The molecule has 3 heteroatoms. The summed E-state index contributed by atoms with van der Waals surface area (Å²) in [5.74, 6) is 1.10. The highest BCUT2D eigenvalue weighted by Crippen LogP contribution is 2.26. The minimum atomic E-state index is -0.334. The Morgan fingerprint density at radius 2 is 1.95 bits per heavy atom. The molecule has 0 atom stereocenters. The molecule has 0 saturated carbocycles. The van der Waals surface area contributed by atoms with Gasteiger partial charge in [-0.05, 0) is 48.7 Å². The van der Waals surface area contributed by atoms with Gasteiger partial charge in [-0.1, -0.05) is 18.2 Å². The van der Waals surface area contributed by atoms with Crippen LogP contribution in [0.4, 0.5) is 0 Å². The van der Waals surface area contributed by atoms with Crippen LogP contribution in [0.3, 0.4) is 0 Å². The molecule has 1 heterocycles. The summed E-state index contributed by atoms with van der Waals surface area (Å²) in [4.78, 5) is 12.0. The van der Waals surface area contributed by atoms with Crippen molar-refractivity contribution in [2.75, 3.05) is 6.61 Å². The fourth-order valence-corrected chi connectivity index (χ4v) is 2.14. The lowest BCUT2D eigenvalue weighted by atomic mass is 10.0. The summed E-state index contributed by atoms with van der Waals surface area (Å²) in [6.45, 7) is 0.751. The van der Waals surface area contributed by atoms with Gasteiger partial charge in [0.1, 0.15) is 11.5 Å². The average molecular weight is 254 g/mol. The normalized spacial score (nSPS) is 13.3. The van der Waals surface area contributed by atoms with Crippen LogP contribution in [0.15, 0.2) is 48.5 Å². The first-order chi connectivity index (χ1) is 9.33. The molecule has 0 saturated heterocycles. The first-order valence-electron chi connectivity index (χ1n) is 6.36. The molecular weight excluding hydrogens is 240 g/mol. The number of hydrogen-bond donors (Lipinski definition) is 0. The molecular formula is C16H14O3. The standard InChI is InChI=1S/C16H14O3/c17-16(19-14-6-2-1-3-7-14)13-8-9-15-12(11-13)5-4-10-18-15/h1-3,6-9,11H,4-5,10H2. The van der Waals surface area contributed by atoms with Crippen LogP contribution in [0.2, 0.25) is 0 Å². The topological polar surface area (TPSA) is 35.5 Å². The number of aryl methyl sites for hydroxylation is 1. The van der Waals surface area contributed by atoms with Crippen LogP contribution in [0.5, 0.6) is 11.5 Å². The number of rotatable bonds is 2. The van der Waals surface area contributed by atoms with E-state index in [1.54, 1.807) is 18.2 Å². The summed E-state index contributed by atoms with van der Waals surface area (Å²) in [7, 11) is 0. The van der Waals surface area contributed by atoms with Gasteiger partial charge in [-0.25, -0.2) is 4.79 Å². The molecule has 0 fully saturated rings. The molecule has 96 valence electrons. The summed E-state index contributed by atoms with van der Waals surface area (Å²) in [6.07, 6.45) is 1.94. The summed E-state index contributed by atoms with van der Waals surface area (Å²) in [6, 6.07) is 14.5. The number of carbonyl (C=O) groups is 1. The van der Waals surface area contributed by atoms with E-state index in [1.807, 2.05) is 30.3 Å². The Labute approximate surface area is 111 Å². The third-order valence-electron chi connectivity index (χ3n) is 3.10. The highest BCUT2D eigenvalue weighted by atomic mass is 16.5. The Hall–Kier alpha value is -2.29. The zero-order valence-electron chi connectivity index (χ0n) is 10.5. The second-order valence-electron chi connectivity index (χ2n) is 4.48. The minimum Gasteiger partial charge on any atom is -0.493 e. The van der Waals surface area contributed by atoms with E-state index in [2.05, 4.69) is 0 Å². The molecule has 2 aromatic carbocycles. The van der Waals surface area contributed by atoms with Crippen LogP contribution in [0.1, 0.15) is 22.3 Å². The van der Waals surface area contributed by atoms with Crippen molar-refractivity contribution >= 4 is 5.97 Å². The van der Waals surface area contributed by atoms with Crippen molar-refractivity contribution in [2.24, 2.45) is 0 Å². The van der Waals surface area contributed by atoms with Gasteiger partial charge in [0, 0.05) is 0 Å². The molecule has 0 aliphatic carbocycles. The smallest absolute Gasteiger partial charge is 0.343 e. The molecule has 0 spiro atoms. The number of fused-ring (bicyclic) bond motifs is 1. The molecule has 3 nitrogen and oxygen atoms in total. The molecule has 1 aliphatic rings. The van der Waals surface area contributed by atoms with E-state index in [9.17, 15) is 4.79 Å². The third-order valence-corrected chi connectivity index (χ3v) is 3.10. The zero-order valence-corrected chi connectivity index (χ0v) is 10.5. The lowest BCUT2D eigenvalue weighted by Crippen LogP contribution is -2.12. The van der Waals surface area contributed by atoms with Crippen molar-refractivity contribution < 1.29 is 14.3 Å². The number of hydrogen-bond acceptors (Lipinski definition) is 3. The fourth-order valence-electron chi connectivity index (χ4n) is 2.14. The van der Waals surface area contributed by atoms with E-state index in [1.165, 1.54) is 0 Å². The van der Waals surface area contributed by atoms with Crippen molar-refractivity contribution in [3.63, 3.8) is 0 Å². The molecule has 2 aromatic rings. The monoisotopic (exact) mass is 254 g/mol. The number of benzene rings is 2. The highest BCUT2D eigenvalue weighted by Gasteiger charge is 2.14. The summed E-state index contributed by atoms with van der Waals surface area (Å²) >= 11 is 0. The predicted octanol–water partition coefficient (Wildman–Crippen LogP) is 3.23. The average Bonchev–Trinajstić information content (AvgIpc) is 2.48. The molecule has 0 aromatic heterocycles. The Morgan fingerprint density at radius 1 is 1.11 bits per heavy atom. The van der Waals surface area contributed by atoms with Crippen molar-refractivity contribution in [3.8, 4) is 11.5 Å². The molecule has 1 aliphatic heterocycles. The number of ether oxygens (including phenoxy) is 2. The maximum absolute atomic E-state index is 12.0. The van der Waals surface area contributed by atoms with Crippen molar-refractivity contribution in [1.29, 1.82) is 0 Å². The highest BCUT2D eigenvalue weighted by molar-refractivity contribution is 5.91. The molecule has 3 rings (SSSR count). The van der Waals surface area contributed by atoms with Gasteiger partial charge in [-0.2, -0.15) is 0 Å². The quantitative estimate of drug-likeness (QED) is 0.609. The summed E-state index contributed by atoms with van der Waals surface area (Å²) in [5, 5.41) is 0. The Kier molecular flexibility index (Phi) is 3.19. The number of esters is 1. The third kappa shape index (κ3) is 2.60. The second kappa shape index (κ2) is 5.14. The van der Waals surface area contributed by atoms with Crippen molar-refractivity contribution in [3.05, 3.63) is 59.7 Å². The van der Waals surface area contributed by atoms with E-state index >= 15 is 0 Å². The Balaban J connectivity index is 1.80. The van der Waals surface area contributed by atoms with Crippen molar-refractivity contribution in [2.45, 2.75) is 12.8 Å². The van der Waals surface area contributed by atoms with Crippen LogP contribution < -0.4 is 9.47 Å². The van der Waals surface area contributed by atoms with E-state index < -0.39 is 0 Å². The van der Waals surface area contributed by atoms with Crippen LogP contribution in [-0.4, -0.2) is 12.6 Å². The lowest BCUT2D eigenvalue weighted by Gasteiger charge is -2.17. The second-order valence-corrected chi connectivity index (χ2v) is 4.48. The minimum absolute atomic E-state index is 0.334. The van der Waals surface area contributed by atoms with Crippen molar-refractivity contribution in [1.82, 2.24) is 0 Å². The van der Waals surface area contributed by atoms with Crippen LogP contribution in [-0.2, 0) is 6.42 Å². The molecule has 0 unspecified atom stereocenters. The molecule has 0 bridgehead atoms. The first kappa shape index (κ1) is 11.8. The summed E-state index contributed by atoms with van der Waals surface area (Å²) in [5.41, 5.74) is 1.64. The van der Waals surface area contributed by atoms with Gasteiger partial charge in [-0.15, -0.1) is 0 Å². The maximum Gasteiger partial charge on any atom is 0.343 e. The number of para-hydroxylation sites is 1. The van der Waals surface area contributed by atoms with Gasteiger partial charge in [0.15, 0.2) is 0 Å².